The maximum atomic E-state index is 11.5. The van der Waals surface area contributed by atoms with Crippen LogP contribution >= 0.6 is 0 Å². The smallest absolute Gasteiger partial charge is 0.333 e. The Morgan fingerprint density at radius 1 is 1.08 bits per heavy atom. The minimum absolute atomic E-state index is 0. The quantitative estimate of drug-likeness (QED) is 0.399. The van der Waals surface area contributed by atoms with Gasteiger partial charge in [-0.15, -0.1) is 0 Å². The Morgan fingerprint density at radius 3 is 2.49 bits per heavy atom. The van der Waals surface area contributed by atoms with Crippen molar-refractivity contribution in [2.24, 2.45) is 0 Å². The number of benzene rings is 2. The van der Waals surface area contributed by atoms with E-state index in [1.165, 1.54) is 5.56 Å². The van der Waals surface area contributed by atoms with Gasteiger partial charge in [-0.3, -0.25) is 0 Å². The van der Waals surface area contributed by atoms with Gasteiger partial charge in [0.05, 0.1) is 6.10 Å². The second-order valence-electron chi connectivity index (χ2n) is 9.87. The molecule has 2 N–H and O–H groups in total. The number of carboxylic acids is 1. The summed E-state index contributed by atoms with van der Waals surface area (Å²) in [5.41, 5.74) is 3.38. The van der Waals surface area contributed by atoms with Crippen molar-refractivity contribution in [1.29, 1.82) is 0 Å². The van der Waals surface area contributed by atoms with Crippen LogP contribution in [0.4, 0.5) is 0 Å². The number of ether oxygens (including phenoxy) is 3. The normalized spacial score (nSPS) is 23.1. The zero-order valence-electron chi connectivity index (χ0n) is 22.0. The van der Waals surface area contributed by atoms with Crippen LogP contribution in [-0.4, -0.2) is 58.7 Å². The average molecular weight is 587 g/mol. The van der Waals surface area contributed by atoms with Crippen LogP contribution in [0.25, 0.3) is 0 Å². The molecular formula is C29H39NO6Y. The molecule has 1 heterocycles. The van der Waals surface area contributed by atoms with Gasteiger partial charge in [0.15, 0.2) is 17.6 Å². The maximum absolute atomic E-state index is 11.5. The Balaban J connectivity index is 0.00000380. The SMILES string of the molecule is CCCN(CCC)C1CCc2c(ccc(OCc3ccccc3)c2OC2CC(O)CC(C(=O)O)O2)C1.[Y]. The Bertz CT molecular complexity index is 997. The second kappa shape index (κ2) is 14.6. The van der Waals surface area contributed by atoms with Crippen LogP contribution in [0.3, 0.4) is 0 Å². The number of aliphatic carboxylic acids is 1. The molecule has 0 spiro atoms. The van der Waals surface area contributed by atoms with Crippen LogP contribution in [0.2, 0.25) is 0 Å². The average Bonchev–Trinajstić information content (AvgIpc) is 2.88. The first-order valence-corrected chi connectivity index (χ1v) is 13.3. The number of carboxylic acid groups (broad SMARTS) is 1. The fraction of sp³-hybridized carbons (Fsp3) is 0.552. The molecule has 8 heteroatoms. The first-order chi connectivity index (χ1) is 17.5. The molecular weight excluding hydrogens is 547 g/mol. The van der Waals surface area contributed by atoms with Crippen molar-refractivity contribution >= 4 is 5.97 Å². The van der Waals surface area contributed by atoms with Crippen molar-refractivity contribution < 1.29 is 61.9 Å². The van der Waals surface area contributed by atoms with E-state index in [0.29, 0.717) is 24.1 Å². The molecule has 199 valence electrons. The molecule has 1 aliphatic carbocycles. The molecule has 2 aromatic carbocycles. The topological polar surface area (TPSA) is 88.5 Å². The molecule has 2 aliphatic rings. The van der Waals surface area contributed by atoms with E-state index in [9.17, 15) is 15.0 Å². The molecule has 37 heavy (non-hydrogen) atoms. The van der Waals surface area contributed by atoms with Crippen molar-refractivity contribution in [3.8, 4) is 11.5 Å². The fourth-order valence-corrected chi connectivity index (χ4v) is 5.35. The van der Waals surface area contributed by atoms with Gasteiger partial charge in [-0.25, -0.2) is 4.79 Å². The van der Waals surface area contributed by atoms with E-state index < -0.39 is 24.5 Å². The summed E-state index contributed by atoms with van der Waals surface area (Å²) in [6.07, 6.45) is 2.63. The Hall–Kier alpha value is -1.51. The van der Waals surface area contributed by atoms with E-state index in [1.54, 1.807) is 0 Å². The number of aliphatic hydroxyl groups excluding tert-OH is 1. The van der Waals surface area contributed by atoms with Crippen LogP contribution in [0, 0.1) is 0 Å². The number of carbonyl (C=O) groups is 1. The van der Waals surface area contributed by atoms with Crippen molar-refractivity contribution in [3.05, 3.63) is 59.2 Å². The van der Waals surface area contributed by atoms with Gasteiger partial charge in [0, 0.05) is 57.2 Å². The summed E-state index contributed by atoms with van der Waals surface area (Å²) < 4.78 is 18.3. The monoisotopic (exact) mass is 586 g/mol. The van der Waals surface area contributed by atoms with Gasteiger partial charge in [-0.2, -0.15) is 0 Å². The number of rotatable bonds is 11. The summed E-state index contributed by atoms with van der Waals surface area (Å²) in [6.45, 7) is 7.04. The van der Waals surface area contributed by atoms with E-state index in [2.05, 4.69) is 24.8 Å². The molecule has 4 atom stereocenters. The summed E-state index contributed by atoms with van der Waals surface area (Å²) in [5.74, 6) is 0.140. The molecule has 1 radical (unpaired) electrons. The summed E-state index contributed by atoms with van der Waals surface area (Å²) in [4.78, 5) is 14.1. The molecule has 7 nitrogen and oxygen atoms in total. The molecule has 1 aliphatic heterocycles. The van der Waals surface area contributed by atoms with Crippen LogP contribution < -0.4 is 9.47 Å². The van der Waals surface area contributed by atoms with E-state index >= 15 is 0 Å². The third kappa shape index (κ3) is 7.99. The van der Waals surface area contributed by atoms with Crippen LogP contribution in [0.15, 0.2) is 42.5 Å². The van der Waals surface area contributed by atoms with Crippen LogP contribution in [0.1, 0.15) is 62.6 Å². The summed E-state index contributed by atoms with van der Waals surface area (Å²) in [7, 11) is 0. The molecule has 1 saturated heterocycles. The predicted molar refractivity (Wildman–Crippen MR) is 137 cm³/mol. The van der Waals surface area contributed by atoms with Gasteiger partial charge in [-0.05, 0) is 62.4 Å². The zero-order valence-corrected chi connectivity index (χ0v) is 24.8. The van der Waals surface area contributed by atoms with Crippen molar-refractivity contribution in [2.45, 2.75) is 89.9 Å². The van der Waals surface area contributed by atoms with Crippen molar-refractivity contribution in [1.82, 2.24) is 4.90 Å². The number of nitrogens with zero attached hydrogens (tertiary/aromatic N) is 1. The minimum Gasteiger partial charge on any atom is -0.485 e. The molecule has 2 aromatic rings. The van der Waals surface area contributed by atoms with Gasteiger partial charge in [0.25, 0.3) is 0 Å². The maximum Gasteiger partial charge on any atom is 0.333 e. The third-order valence-electron chi connectivity index (χ3n) is 7.07. The zero-order chi connectivity index (χ0) is 25.5. The Morgan fingerprint density at radius 2 is 1.81 bits per heavy atom. The van der Waals surface area contributed by atoms with Gasteiger partial charge in [0.1, 0.15) is 6.61 Å². The summed E-state index contributed by atoms with van der Waals surface area (Å²) in [6, 6.07) is 14.5. The van der Waals surface area contributed by atoms with Crippen LogP contribution in [-0.2, 0) is 61.7 Å². The molecule has 0 aromatic heterocycles. The summed E-state index contributed by atoms with van der Waals surface area (Å²) >= 11 is 0. The van der Waals surface area contributed by atoms with Crippen LogP contribution in [0.5, 0.6) is 11.5 Å². The largest absolute Gasteiger partial charge is 0.485 e. The van der Waals surface area contributed by atoms with Gasteiger partial charge in [0.2, 0.25) is 6.29 Å². The molecule has 0 amide bonds. The number of aliphatic hydroxyl groups is 1. The number of hydrogen-bond acceptors (Lipinski definition) is 6. The van der Waals surface area contributed by atoms with Crippen molar-refractivity contribution in [3.63, 3.8) is 0 Å². The van der Waals surface area contributed by atoms with E-state index in [4.69, 9.17) is 14.2 Å². The first kappa shape index (κ1) is 30.0. The second-order valence-corrected chi connectivity index (χ2v) is 9.87. The molecule has 1 fully saturated rings. The first-order valence-electron chi connectivity index (χ1n) is 13.3. The van der Waals surface area contributed by atoms with Gasteiger partial charge < -0.3 is 29.3 Å². The van der Waals surface area contributed by atoms with E-state index in [-0.39, 0.29) is 45.6 Å². The summed E-state index contributed by atoms with van der Waals surface area (Å²) in [5, 5.41) is 19.7. The predicted octanol–water partition coefficient (Wildman–Crippen LogP) is 4.57. The standard InChI is InChI=1S/C29H39NO6.Y/c1-3-14-30(15-4-2)22-11-12-24-21(16-22)10-13-25(34-19-20-8-6-5-7-9-20)28(24)36-27-18-23(31)17-26(35-27)29(32)33;/h5-10,13,22-23,26-27,31H,3-4,11-12,14-19H2,1-2H3,(H,32,33);. The third-order valence-corrected chi connectivity index (χ3v) is 7.07. The Kier molecular flexibility index (Phi) is 11.8. The number of fused-ring (bicyclic) bond motifs is 1. The molecule has 4 unspecified atom stereocenters. The van der Waals surface area contributed by atoms with Gasteiger partial charge >= 0.3 is 5.97 Å². The number of hydrogen-bond donors (Lipinski definition) is 2. The van der Waals surface area contributed by atoms with E-state index in [1.807, 2.05) is 36.4 Å². The Labute approximate surface area is 245 Å². The molecule has 0 bridgehead atoms. The van der Waals surface area contributed by atoms with E-state index in [0.717, 1.165) is 56.3 Å². The minimum atomic E-state index is -1.09. The molecule has 4 rings (SSSR count). The fourth-order valence-electron chi connectivity index (χ4n) is 5.35. The molecule has 0 saturated carbocycles. The van der Waals surface area contributed by atoms with Gasteiger partial charge in [-0.1, -0.05) is 50.2 Å². The van der Waals surface area contributed by atoms with Crippen molar-refractivity contribution in [2.75, 3.05) is 13.1 Å².